The van der Waals surface area contributed by atoms with Crippen LogP contribution in [-0.4, -0.2) is 70.3 Å². The van der Waals surface area contributed by atoms with Crippen LogP contribution in [0.2, 0.25) is 0 Å². The van der Waals surface area contributed by atoms with E-state index in [1.165, 1.54) is 0 Å². The molecule has 6 atom stereocenters. The summed E-state index contributed by atoms with van der Waals surface area (Å²) in [5.74, 6) is 6.18. The molecule has 2 heterocycles. The first-order chi connectivity index (χ1) is 17.2. The molecule has 6 nitrogen and oxygen atoms in total. The Bertz CT molecular complexity index is 1310. The molecule has 2 fully saturated rings. The van der Waals surface area contributed by atoms with E-state index in [4.69, 9.17) is 4.74 Å². The average molecular weight is 487 g/mol. The molecule has 1 amide bonds. The topological polar surface area (TPSA) is 73.2 Å². The molecular weight excluding hydrogens is 452 g/mol. The third-order valence-corrected chi connectivity index (χ3v) is 9.57. The molecule has 6 rings (SSSR count). The zero-order chi connectivity index (χ0) is 25.4. The number of nitrogens with zero attached hydrogens (tertiary/aromatic N) is 2. The second kappa shape index (κ2) is 7.99. The number of carbonyl (C=O) groups is 1. The SMILES string of the molecule is CC[C@H]1C[C@H](N(C)C(=O)C#Cc2cccc(C)c2)[C@@H]2Oc3c(O)ccc4c3[C@@]23CCN(C)[C@H](C4)[C@]13O. The fraction of sp³-hybridized carbons (Fsp3) is 0.500. The molecule has 2 bridgehead atoms. The average Bonchev–Trinajstić information content (AvgIpc) is 3.21. The van der Waals surface area contributed by atoms with Crippen molar-refractivity contribution in [3.63, 3.8) is 0 Å². The van der Waals surface area contributed by atoms with Crippen molar-refractivity contribution in [2.75, 3.05) is 20.6 Å². The molecule has 36 heavy (non-hydrogen) atoms. The first-order valence-corrected chi connectivity index (χ1v) is 13.0. The maximum atomic E-state index is 13.4. The minimum atomic E-state index is -1.00. The van der Waals surface area contributed by atoms with Crippen LogP contribution in [0.15, 0.2) is 36.4 Å². The Balaban J connectivity index is 1.44. The Hall–Kier alpha value is -3.01. The Morgan fingerprint density at radius 2 is 2.11 bits per heavy atom. The van der Waals surface area contributed by atoms with Gasteiger partial charge in [0.1, 0.15) is 6.10 Å². The van der Waals surface area contributed by atoms with Crippen LogP contribution in [0, 0.1) is 24.7 Å². The van der Waals surface area contributed by atoms with E-state index in [1.807, 2.05) is 37.3 Å². The summed E-state index contributed by atoms with van der Waals surface area (Å²) in [6, 6.07) is 11.2. The maximum Gasteiger partial charge on any atom is 0.298 e. The van der Waals surface area contributed by atoms with Gasteiger partial charge in [-0.1, -0.05) is 37.5 Å². The molecule has 188 valence electrons. The highest BCUT2D eigenvalue weighted by atomic mass is 16.5. The number of likely N-dealkylation sites (tertiary alicyclic amines) is 1. The van der Waals surface area contributed by atoms with Crippen molar-refractivity contribution < 1.29 is 19.7 Å². The number of ether oxygens (including phenoxy) is 1. The van der Waals surface area contributed by atoms with Crippen molar-refractivity contribution in [1.29, 1.82) is 0 Å². The van der Waals surface area contributed by atoms with Crippen LogP contribution in [0.5, 0.6) is 11.5 Å². The number of phenols is 1. The van der Waals surface area contributed by atoms with E-state index in [-0.39, 0.29) is 29.7 Å². The van der Waals surface area contributed by atoms with E-state index in [9.17, 15) is 15.0 Å². The van der Waals surface area contributed by atoms with Crippen LogP contribution in [0.3, 0.4) is 0 Å². The monoisotopic (exact) mass is 486 g/mol. The predicted octanol–water partition coefficient (Wildman–Crippen LogP) is 3.00. The number of rotatable bonds is 2. The maximum absolute atomic E-state index is 13.4. The number of phenolic OH excluding ortho intramolecular Hbond substituents is 1. The van der Waals surface area contributed by atoms with Gasteiger partial charge in [0.15, 0.2) is 11.5 Å². The molecule has 4 aliphatic rings. The van der Waals surface area contributed by atoms with Crippen molar-refractivity contribution >= 4 is 5.91 Å². The molecule has 0 aromatic heterocycles. The Kier molecular flexibility index (Phi) is 5.19. The second-order valence-corrected chi connectivity index (χ2v) is 11.2. The fourth-order valence-corrected chi connectivity index (χ4v) is 7.88. The highest BCUT2D eigenvalue weighted by Crippen LogP contribution is 2.67. The van der Waals surface area contributed by atoms with Gasteiger partial charge in [-0.2, -0.15) is 0 Å². The largest absolute Gasteiger partial charge is 0.504 e. The Morgan fingerprint density at radius 1 is 1.31 bits per heavy atom. The van der Waals surface area contributed by atoms with Crippen LogP contribution in [0.1, 0.15) is 48.4 Å². The van der Waals surface area contributed by atoms with E-state index >= 15 is 0 Å². The lowest BCUT2D eigenvalue weighted by molar-refractivity contribution is -0.224. The molecule has 0 radical (unpaired) electrons. The van der Waals surface area contributed by atoms with Gasteiger partial charge in [0, 0.05) is 30.1 Å². The Morgan fingerprint density at radius 3 is 2.86 bits per heavy atom. The summed E-state index contributed by atoms with van der Waals surface area (Å²) in [7, 11) is 3.90. The molecule has 1 saturated carbocycles. The predicted molar refractivity (Wildman–Crippen MR) is 137 cm³/mol. The molecule has 1 spiro atoms. The van der Waals surface area contributed by atoms with Gasteiger partial charge in [0.25, 0.3) is 5.91 Å². The van der Waals surface area contributed by atoms with Gasteiger partial charge in [0.2, 0.25) is 0 Å². The summed E-state index contributed by atoms with van der Waals surface area (Å²) in [6.45, 7) is 4.96. The standard InChI is InChI=1S/C30H34N2O4/c1-5-21-17-22(32(4)25(34)12-9-19-8-6-7-18(2)15-19)28-29-13-14-31(3)24(30(21,29)35)16-20-10-11-23(33)27(36-28)26(20)29/h6-8,10-11,15,21-22,24,28,33,35H,5,13-14,16-17H2,1-4H3/t21-,22-,24+,28-,29-,30+/m0/s1. The van der Waals surface area contributed by atoms with Gasteiger partial charge in [-0.15, -0.1) is 0 Å². The number of benzene rings is 2. The smallest absolute Gasteiger partial charge is 0.298 e. The van der Waals surface area contributed by atoms with Crippen LogP contribution < -0.4 is 4.74 Å². The molecule has 6 heteroatoms. The van der Waals surface area contributed by atoms with Crippen LogP contribution in [-0.2, 0) is 16.6 Å². The number of hydrogen-bond donors (Lipinski definition) is 2. The number of amides is 1. The van der Waals surface area contributed by atoms with Crippen LogP contribution in [0.25, 0.3) is 0 Å². The number of carbonyl (C=O) groups excluding carboxylic acids is 1. The summed E-state index contributed by atoms with van der Waals surface area (Å²) in [5.41, 5.74) is 2.34. The minimum Gasteiger partial charge on any atom is -0.504 e. The van der Waals surface area contributed by atoms with E-state index < -0.39 is 17.1 Å². The molecular formula is C30H34N2O4. The van der Waals surface area contributed by atoms with Crippen molar-refractivity contribution in [1.82, 2.24) is 9.80 Å². The van der Waals surface area contributed by atoms with Gasteiger partial charge >= 0.3 is 0 Å². The molecule has 2 aliphatic heterocycles. The van der Waals surface area contributed by atoms with Gasteiger partial charge in [-0.3, -0.25) is 4.79 Å². The van der Waals surface area contributed by atoms with Gasteiger partial charge < -0.3 is 24.7 Å². The number of aliphatic hydroxyl groups is 1. The first kappa shape index (κ1) is 23.4. The summed E-state index contributed by atoms with van der Waals surface area (Å²) in [4.78, 5) is 17.4. The molecule has 2 N–H and O–H groups in total. The van der Waals surface area contributed by atoms with Crippen molar-refractivity contribution in [3.05, 3.63) is 58.7 Å². The normalized spacial score (nSPS) is 33.7. The highest BCUT2D eigenvalue weighted by molar-refractivity contribution is 5.94. The third-order valence-electron chi connectivity index (χ3n) is 9.57. The second-order valence-electron chi connectivity index (χ2n) is 11.2. The number of hydrogen-bond acceptors (Lipinski definition) is 5. The molecule has 2 aromatic carbocycles. The van der Waals surface area contributed by atoms with Gasteiger partial charge in [0.05, 0.1) is 17.1 Å². The lowest BCUT2D eigenvalue weighted by atomic mass is 9.45. The molecule has 1 saturated heterocycles. The number of likely N-dealkylation sites (N-methyl/N-ethyl adjacent to an activating group) is 2. The fourth-order valence-electron chi connectivity index (χ4n) is 7.88. The molecule has 2 aliphatic carbocycles. The zero-order valence-electron chi connectivity index (χ0n) is 21.4. The summed E-state index contributed by atoms with van der Waals surface area (Å²) >= 11 is 0. The quantitative estimate of drug-likeness (QED) is 0.639. The van der Waals surface area contributed by atoms with E-state index in [0.29, 0.717) is 18.6 Å². The molecule has 0 unspecified atom stereocenters. The van der Waals surface area contributed by atoms with E-state index in [2.05, 4.69) is 30.7 Å². The van der Waals surface area contributed by atoms with Crippen LogP contribution >= 0.6 is 0 Å². The molecule has 2 aromatic rings. The third kappa shape index (κ3) is 2.90. The van der Waals surface area contributed by atoms with E-state index in [0.717, 1.165) is 41.6 Å². The highest BCUT2D eigenvalue weighted by Gasteiger charge is 2.75. The van der Waals surface area contributed by atoms with Crippen LogP contribution in [0.4, 0.5) is 0 Å². The summed E-state index contributed by atoms with van der Waals surface area (Å²) in [6.07, 6.45) is 2.42. The van der Waals surface area contributed by atoms with Crippen molar-refractivity contribution in [2.24, 2.45) is 5.92 Å². The van der Waals surface area contributed by atoms with Gasteiger partial charge in [-0.25, -0.2) is 0 Å². The van der Waals surface area contributed by atoms with E-state index in [1.54, 1.807) is 18.0 Å². The van der Waals surface area contributed by atoms with Crippen molar-refractivity contribution in [2.45, 2.75) is 68.7 Å². The van der Waals surface area contributed by atoms with Crippen molar-refractivity contribution in [3.8, 4) is 23.3 Å². The number of aromatic hydroxyl groups is 1. The lowest BCUT2D eigenvalue weighted by Crippen LogP contribution is -2.80. The minimum absolute atomic E-state index is 0.0171. The summed E-state index contributed by atoms with van der Waals surface area (Å²) < 4.78 is 6.59. The Labute approximate surface area is 212 Å². The number of aryl methyl sites for hydroxylation is 1. The lowest BCUT2D eigenvalue weighted by Gasteiger charge is -2.66. The van der Waals surface area contributed by atoms with Gasteiger partial charge in [-0.05, 0) is 75.0 Å². The number of piperidine rings is 1. The first-order valence-electron chi connectivity index (χ1n) is 13.0. The summed E-state index contributed by atoms with van der Waals surface area (Å²) in [5, 5.41) is 23.5. The zero-order valence-corrected chi connectivity index (χ0v) is 21.4.